The monoisotopic (exact) mass is 403 g/mol. The highest BCUT2D eigenvalue weighted by Gasteiger charge is 2.09. The van der Waals surface area contributed by atoms with Crippen LogP contribution in [-0.2, 0) is 6.42 Å². The fraction of sp³-hybridized carbons (Fsp3) is 0.160. The van der Waals surface area contributed by atoms with Crippen molar-refractivity contribution in [3.05, 3.63) is 89.0 Å². The minimum absolute atomic E-state index is 0.195. The van der Waals surface area contributed by atoms with E-state index in [9.17, 15) is 8.78 Å². The van der Waals surface area contributed by atoms with Gasteiger partial charge in [-0.3, -0.25) is 0 Å². The summed E-state index contributed by atoms with van der Waals surface area (Å²) in [6, 6.07) is 17.9. The number of thiocyanates is 1. The number of rotatable bonds is 5. The van der Waals surface area contributed by atoms with Crippen LogP contribution in [0.2, 0.25) is 0 Å². The van der Waals surface area contributed by atoms with Crippen molar-refractivity contribution < 1.29 is 8.78 Å². The van der Waals surface area contributed by atoms with E-state index in [1.807, 2.05) is 60.9 Å². The third-order valence-corrected chi connectivity index (χ3v) is 5.09. The van der Waals surface area contributed by atoms with Crippen molar-refractivity contribution in [3.63, 3.8) is 0 Å². The van der Waals surface area contributed by atoms with Crippen LogP contribution in [0.1, 0.15) is 36.5 Å². The van der Waals surface area contributed by atoms with Crippen LogP contribution >= 0.6 is 11.8 Å². The normalized spacial score (nSPS) is 10.1. The number of halogens is 2. The van der Waals surface area contributed by atoms with Crippen LogP contribution in [-0.4, -0.2) is 0 Å². The maximum absolute atomic E-state index is 14.2. The molecule has 0 saturated carbocycles. The first-order chi connectivity index (χ1) is 14.1. The summed E-state index contributed by atoms with van der Waals surface area (Å²) in [4.78, 5) is 0.892. The lowest BCUT2D eigenvalue weighted by Gasteiger charge is -2.04. The van der Waals surface area contributed by atoms with Crippen molar-refractivity contribution in [2.24, 2.45) is 0 Å². The highest BCUT2D eigenvalue weighted by Crippen LogP contribution is 2.24. The van der Waals surface area contributed by atoms with E-state index in [1.165, 1.54) is 12.1 Å². The van der Waals surface area contributed by atoms with Gasteiger partial charge in [0.25, 0.3) is 0 Å². The third-order valence-electron chi connectivity index (χ3n) is 4.49. The first-order valence-electron chi connectivity index (χ1n) is 9.37. The van der Waals surface area contributed by atoms with Crippen LogP contribution in [0.5, 0.6) is 0 Å². The standard InChI is InChI=1S/C25H19F2NS/c1-2-3-4-19-15-24(26)23(25(27)16-19)14-7-18-5-8-20(9-6-18)21-10-12-22(13-11-21)29-17-28/h5-6,8-13,15-16H,2-4H2,1H3. The summed E-state index contributed by atoms with van der Waals surface area (Å²) in [5.41, 5.74) is 3.17. The van der Waals surface area contributed by atoms with Crippen molar-refractivity contribution >= 4 is 11.8 Å². The lowest BCUT2D eigenvalue weighted by Crippen LogP contribution is -1.95. The molecule has 29 heavy (non-hydrogen) atoms. The van der Waals surface area contributed by atoms with Crippen molar-refractivity contribution in [2.75, 3.05) is 0 Å². The second kappa shape index (κ2) is 9.92. The lowest BCUT2D eigenvalue weighted by atomic mass is 10.0. The van der Waals surface area contributed by atoms with Crippen molar-refractivity contribution in [1.29, 1.82) is 5.26 Å². The molecule has 3 aromatic rings. The molecule has 3 aromatic carbocycles. The molecular formula is C25H19F2NS. The number of nitrogens with zero attached hydrogens (tertiary/aromatic N) is 1. The number of hydrogen-bond donors (Lipinski definition) is 0. The van der Waals surface area contributed by atoms with Crippen molar-refractivity contribution in [2.45, 2.75) is 31.1 Å². The van der Waals surface area contributed by atoms with Gasteiger partial charge < -0.3 is 0 Å². The maximum atomic E-state index is 14.2. The molecule has 0 heterocycles. The van der Waals surface area contributed by atoms with Crippen LogP contribution in [0.25, 0.3) is 11.1 Å². The Morgan fingerprint density at radius 2 is 1.45 bits per heavy atom. The summed E-state index contributed by atoms with van der Waals surface area (Å²) in [6.07, 6.45) is 2.54. The van der Waals surface area contributed by atoms with E-state index < -0.39 is 11.6 Å². The quantitative estimate of drug-likeness (QED) is 0.261. The van der Waals surface area contributed by atoms with Gasteiger partial charge in [0.15, 0.2) is 0 Å². The van der Waals surface area contributed by atoms with E-state index >= 15 is 0 Å². The molecule has 3 rings (SSSR count). The topological polar surface area (TPSA) is 23.8 Å². The van der Waals surface area contributed by atoms with Crippen LogP contribution in [0.4, 0.5) is 8.78 Å². The van der Waals surface area contributed by atoms with E-state index in [1.54, 1.807) is 0 Å². The number of nitriles is 1. The van der Waals surface area contributed by atoms with Gasteiger partial charge in [-0.25, -0.2) is 8.78 Å². The molecule has 0 aliphatic carbocycles. The molecule has 0 saturated heterocycles. The van der Waals surface area contributed by atoms with Gasteiger partial charge in [0.1, 0.15) is 17.0 Å². The number of benzene rings is 3. The van der Waals surface area contributed by atoms with E-state index in [4.69, 9.17) is 5.26 Å². The molecule has 1 nitrogen and oxygen atoms in total. The summed E-state index contributed by atoms with van der Waals surface area (Å²) in [5.74, 6) is 4.24. The van der Waals surface area contributed by atoms with Crippen LogP contribution in [0.15, 0.2) is 65.6 Å². The molecule has 4 heteroatoms. The molecule has 0 fully saturated rings. The summed E-state index contributed by atoms with van der Waals surface area (Å²) < 4.78 is 28.5. The number of aryl methyl sites for hydroxylation is 1. The number of unbranched alkanes of at least 4 members (excludes halogenated alkanes) is 1. The van der Waals surface area contributed by atoms with Gasteiger partial charge in [-0.2, -0.15) is 5.26 Å². The number of hydrogen-bond acceptors (Lipinski definition) is 2. The zero-order valence-corrected chi connectivity index (χ0v) is 16.8. The predicted octanol–water partition coefficient (Wildman–Crippen LogP) is 6.95. The Morgan fingerprint density at radius 1 is 0.862 bits per heavy atom. The third kappa shape index (κ3) is 5.47. The minimum Gasteiger partial charge on any atom is -0.206 e. The molecule has 0 atom stereocenters. The van der Waals surface area contributed by atoms with Gasteiger partial charge in [-0.15, -0.1) is 0 Å². The van der Waals surface area contributed by atoms with Gasteiger partial charge in [0, 0.05) is 10.5 Å². The smallest absolute Gasteiger partial charge is 0.142 e. The molecule has 0 aliphatic rings. The zero-order chi connectivity index (χ0) is 20.6. The SMILES string of the molecule is CCCCc1cc(F)c(C#Cc2ccc(-c3ccc(SC#N)cc3)cc2)c(F)c1. The van der Waals surface area contributed by atoms with E-state index in [2.05, 4.69) is 11.8 Å². The Balaban J connectivity index is 1.77. The lowest BCUT2D eigenvalue weighted by molar-refractivity contribution is 0.572. The first-order valence-corrected chi connectivity index (χ1v) is 10.2. The Labute approximate surface area is 174 Å². The van der Waals surface area contributed by atoms with Gasteiger partial charge in [0.05, 0.1) is 5.56 Å². The summed E-state index contributed by atoms with van der Waals surface area (Å²) in [5, 5.41) is 10.8. The zero-order valence-electron chi connectivity index (χ0n) is 16.0. The van der Waals surface area contributed by atoms with Gasteiger partial charge in [-0.05, 0) is 77.7 Å². The van der Waals surface area contributed by atoms with E-state index in [0.29, 0.717) is 17.5 Å². The van der Waals surface area contributed by atoms with E-state index in [-0.39, 0.29) is 5.56 Å². The van der Waals surface area contributed by atoms with Crippen molar-refractivity contribution in [1.82, 2.24) is 0 Å². The molecule has 0 bridgehead atoms. The van der Waals surface area contributed by atoms with Gasteiger partial charge in [-0.1, -0.05) is 49.5 Å². The minimum atomic E-state index is -0.615. The van der Waals surface area contributed by atoms with E-state index in [0.717, 1.165) is 40.6 Å². The van der Waals surface area contributed by atoms with Gasteiger partial charge in [0.2, 0.25) is 0 Å². The maximum Gasteiger partial charge on any atom is 0.142 e. The Morgan fingerprint density at radius 3 is 2.00 bits per heavy atom. The summed E-state index contributed by atoms with van der Waals surface area (Å²) >= 11 is 1.12. The highest BCUT2D eigenvalue weighted by molar-refractivity contribution is 8.03. The fourth-order valence-corrected chi connectivity index (χ4v) is 3.30. The van der Waals surface area contributed by atoms with Crippen molar-refractivity contribution in [3.8, 4) is 28.4 Å². The summed E-state index contributed by atoms with van der Waals surface area (Å²) in [6.45, 7) is 2.04. The van der Waals surface area contributed by atoms with Crippen LogP contribution in [0.3, 0.4) is 0 Å². The van der Waals surface area contributed by atoms with Crippen LogP contribution < -0.4 is 0 Å². The predicted molar refractivity (Wildman–Crippen MR) is 114 cm³/mol. The molecule has 0 aromatic heterocycles. The molecule has 0 unspecified atom stereocenters. The highest BCUT2D eigenvalue weighted by atomic mass is 32.2. The average Bonchev–Trinajstić information content (AvgIpc) is 2.73. The number of thioether (sulfide) groups is 1. The second-order valence-electron chi connectivity index (χ2n) is 6.58. The van der Waals surface area contributed by atoms with Gasteiger partial charge >= 0.3 is 0 Å². The molecule has 144 valence electrons. The Kier molecular flexibility index (Phi) is 7.06. The molecule has 0 radical (unpaired) electrons. The largest absolute Gasteiger partial charge is 0.206 e. The average molecular weight is 403 g/mol. The second-order valence-corrected chi connectivity index (χ2v) is 7.44. The molecule has 0 amide bonds. The summed E-state index contributed by atoms with van der Waals surface area (Å²) in [7, 11) is 0. The Hall–Kier alpha value is -3.08. The molecular weight excluding hydrogens is 384 g/mol. The Bertz CT molecular complexity index is 1060. The molecule has 0 aliphatic heterocycles. The fourth-order valence-electron chi connectivity index (χ4n) is 2.92. The first kappa shape index (κ1) is 20.6. The van der Waals surface area contributed by atoms with Crippen LogP contribution in [0, 0.1) is 34.1 Å². The molecule has 0 spiro atoms. The molecule has 0 N–H and O–H groups in total.